The summed E-state index contributed by atoms with van der Waals surface area (Å²) >= 11 is 0. The smallest absolute Gasteiger partial charge is 0.155 e. The van der Waals surface area contributed by atoms with Gasteiger partial charge in [-0.2, -0.15) is 0 Å². The molecule has 0 bridgehead atoms. The zero-order valence-corrected chi connectivity index (χ0v) is 5.55. The third kappa shape index (κ3) is 0.640. The first-order valence-corrected chi connectivity index (χ1v) is 3.43. The third-order valence-electron chi connectivity index (χ3n) is 2.56. The van der Waals surface area contributed by atoms with Crippen LogP contribution in [0.3, 0.4) is 0 Å². The first-order chi connectivity index (χ1) is 4.21. The molecule has 0 aromatic carbocycles. The molecule has 1 nitrogen and oxygen atoms in total. The van der Waals surface area contributed by atoms with Gasteiger partial charge >= 0.3 is 0 Å². The normalized spacial score (nSPS) is 46.8. The van der Waals surface area contributed by atoms with Crippen LogP contribution in [-0.2, 0) is 4.79 Å². The predicted molar refractivity (Wildman–Crippen MR) is 35.0 cm³/mol. The van der Waals surface area contributed by atoms with Gasteiger partial charge in [-0.3, -0.25) is 4.79 Å². The molecule has 2 aliphatic rings. The summed E-state index contributed by atoms with van der Waals surface area (Å²) in [6.45, 7) is 2.22. The molecule has 1 saturated carbocycles. The number of hydrogen-bond donors (Lipinski definition) is 0. The van der Waals surface area contributed by atoms with Gasteiger partial charge in [-0.1, -0.05) is 13.0 Å². The molecule has 9 heavy (non-hydrogen) atoms. The standard InChI is InChI=1S/C8H10O/c1-8-3-2-7(9)4-6(8)5-8/h2-3,6H,4-5H2,1H3/t6-,8+/m1/s1. The number of rotatable bonds is 0. The maximum absolute atomic E-state index is 10.8. The number of fused-ring (bicyclic) bond motifs is 1. The molecule has 0 aromatic rings. The second-order valence-corrected chi connectivity index (χ2v) is 3.41. The molecule has 0 aromatic heterocycles. The molecule has 0 unspecified atom stereocenters. The fraction of sp³-hybridized carbons (Fsp3) is 0.625. The summed E-state index contributed by atoms with van der Waals surface area (Å²) in [6.07, 6.45) is 5.84. The van der Waals surface area contributed by atoms with Crippen LogP contribution < -0.4 is 0 Å². The number of carbonyl (C=O) groups is 1. The van der Waals surface area contributed by atoms with Crippen LogP contribution in [0.1, 0.15) is 19.8 Å². The molecule has 0 saturated heterocycles. The zero-order valence-electron chi connectivity index (χ0n) is 5.55. The lowest BCUT2D eigenvalue weighted by atomic mass is 9.97. The Kier molecular flexibility index (Phi) is 0.743. The van der Waals surface area contributed by atoms with E-state index < -0.39 is 0 Å². The fourth-order valence-corrected chi connectivity index (χ4v) is 1.58. The van der Waals surface area contributed by atoms with Crippen LogP contribution in [-0.4, -0.2) is 5.78 Å². The Balaban J connectivity index is 2.27. The number of carbonyl (C=O) groups excluding carboxylic acids is 1. The van der Waals surface area contributed by atoms with E-state index in [0.717, 1.165) is 6.42 Å². The molecule has 0 spiro atoms. The summed E-state index contributed by atoms with van der Waals surface area (Å²) in [5.41, 5.74) is 0.425. The van der Waals surface area contributed by atoms with Gasteiger partial charge < -0.3 is 0 Å². The lowest BCUT2D eigenvalue weighted by Gasteiger charge is -2.07. The Morgan fingerprint density at radius 2 is 2.56 bits per heavy atom. The molecule has 1 heteroatoms. The maximum Gasteiger partial charge on any atom is 0.155 e. The van der Waals surface area contributed by atoms with Gasteiger partial charge in [-0.05, 0) is 23.8 Å². The van der Waals surface area contributed by atoms with Gasteiger partial charge in [0.15, 0.2) is 5.78 Å². The molecule has 0 heterocycles. The Labute approximate surface area is 54.8 Å². The van der Waals surface area contributed by atoms with Gasteiger partial charge in [0.05, 0.1) is 0 Å². The van der Waals surface area contributed by atoms with Gasteiger partial charge in [0.1, 0.15) is 0 Å². The molecule has 0 N–H and O–H groups in total. The average molecular weight is 122 g/mol. The largest absolute Gasteiger partial charge is 0.295 e. The fourth-order valence-electron chi connectivity index (χ4n) is 1.58. The molecule has 2 rings (SSSR count). The van der Waals surface area contributed by atoms with Crippen LogP contribution in [0.15, 0.2) is 12.2 Å². The van der Waals surface area contributed by atoms with E-state index in [1.54, 1.807) is 6.08 Å². The van der Waals surface area contributed by atoms with Crippen molar-refractivity contribution in [1.82, 2.24) is 0 Å². The molecule has 2 atom stereocenters. The highest BCUT2D eigenvalue weighted by atomic mass is 16.1. The van der Waals surface area contributed by atoms with Crippen molar-refractivity contribution in [3.63, 3.8) is 0 Å². The summed E-state index contributed by atoms with van der Waals surface area (Å²) in [5, 5.41) is 0. The van der Waals surface area contributed by atoms with Crippen molar-refractivity contribution >= 4 is 5.78 Å². The van der Waals surface area contributed by atoms with Gasteiger partial charge in [-0.15, -0.1) is 0 Å². The molecule has 48 valence electrons. The average Bonchev–Trinajstić information content (AvgIpc) is 2.41. The van der Waals surface area contributed by atoms with Gasteiger partial charge in [0, 0.05) is 6.42 Å². The van der Waals surface area contributed by atoms with E-state index in [1.165, 1.54) is 6.42 Å². The summed E-state index contributed by atoms with van der Waals surface area (Å²) in [7, 11) is 0. The summed E-state index contributed by atoms with van der Waals surface area (Å²) in [4.78, 5) is 10.8. The minimum Gasteiger partial charge on any atom is -0.295 e. The Morgan fingerprint density at radius 3 is 3.11 bits per heavy atom. The quantitative estimate of drug-likeness (QED) is 0.476. The van der Waals surface area contributed by atoms with Crippen molar-refractivity contribution in [2.45, 2.75) is 19.8 Å². The van der Waals surface area contributed by atoms with Gasteiger partial charge in [0.2, 0.25) is 0 Å². The molecular weight excluding hydrogens is 112 g/mol. The zero-order chi connectivity index (χ0) is 6.48. The highest BCUT2D eigenvalue weighted by molar-refractivity contribution is 5.91. The molecule has 0 aliphatic heterocycles. The molecule has 0 amide bonds. The predicted octanol–water partition coefficient (Wildman–Crippen LogP) is 1.54. The van der Waals surface area contributed by atoms with E-state index in [-0.39, 0.29) is 0 Å². The maximum atomic E-state index is 10.8. The van der Waals surface area contributed by atoms with Gasteiger partial charge in [-0.25, -0.2) is 0 Å². The SMILES string of the molecule is C[C@@]12C=CC(=O)C[C@@H]1C2. The summed E-state index contributed by atoms with van der Waals surface area (Å²) < 4.78 is 0. The van der Waals surface area contributed by atoms with E-state index in [9.17, 15) is 4.79 Å². The van der Waals surface area contributed by atoms with Crippen LogP contribution in [0.2, 0.25) is 0 Å². The van der Waals surface area contributed by atoms with E-state index in [1.807, 2.05) is 0 Å². The van der Waals surface area contributed by atoms with Crippen LogP contribution in [0.25, 0.3) is 0 Å². The molecular formula is C8H10O. The second-order valence-electron chi connectivity index (χ2n) is 3.41. The van der Waals surface area contributed by atoms with Crippen LogP contribution in [0.5, 0.6) is 0 Å². The van der Waals surface area contributed by atoms with Crippen molar-refractivity contribution in [3.05, 3.63) is 12.2 Å². The van der Waals surface area contributed by atoms with Crippen molar-refractivity contribution in [3.8, 4) is 0 Å². The molecule has 2 aliphatic carbocycles. The van der Waals surface area contributed by atoms with Gasteiger partial charge in [0.25, 0.3) is 0 Å². The van der Waals surface area contributed by atoms with Crippen LogP contribution >= 0.6 is 0 Å². The van der Waals surface area contributed by atoms with Crippen molar-refractivity contribution in [1.29, 1.82) is 0 Å². The number of allylic oxidation sites excluding steroid dienone is 2. The summed E-state index contributed by atoms with van der Waals surface area (Å²) in [5.74, 6) is 1.00. The number of ketones is 1. The van der Waals surface area contributed by atoms with Crippen molar-refractivity contribution < 1.29 is 4.79 Å². The van der Waals surface area contributed by atoms with Crippen molar-refractivity contribution in [2.24, 2.45) is 11.3 Å². The first-order valence-electron chi connectivity index (χ1n) is 3.43. The van der Waals surface area contributed by atoms with Crippen LogP contribution in [0.4, 0.5) is 0 Å². The number of hydrogen-bond acceptors (Lipinski definition) is 1. The van der Waals surface area contributed by atoms with E-state index in [2.05, 4.69) is 13.0 Å². The second kappa shape index (κ2) is 1.28. The van der Waals surface area contributed by atoms with E-state index in [4.69, 9.17) is 0 Å². The Hall–Kier alpha value is -0.590. The first kappa shape index (κ1) is 5.21. The topological polar surface area (TPSA) is 17.1 Å². The molecule has 1 fully saturated rings. The summed E-state index contributed by atoms with van der Waals surface area (Å²) in [6, 6.07) is 0. The minimum atomic E-state index is 0.315. The van der Waals surface area contributed by atoms with E-state index >= 15 is 0 Å². The highest BCUT2D eigenvalue weighted by Gasteiger charge is 2.50. The van der Waals surface area contributed by atoms with Crippen molar-refractivity contribution in [2.75, 3.05) is 0 Å². The highest BCUT2D eigenvalue weighted by Crippen LogP contribution is 2.57. The Bertz CT molecular complexity index is 193. The van der Waals surface area contributed by atoms with Crippen LogP contribution in [0, 0.1) is 11.3 Å². The Morgan fingerprint density at radius 1 is 1.78 bits per heavy atom. The van der Waals surface area contributed by atoms with E-state index in [0.29, 0.717) is 17.1 Å². The monoisotopic (exact) mass is 122 g/mol. The molecule has 0 radical (unpaired) electrons. The third-order valence-corrected chi connectivity index (χ3v) is 2.56. The lowest BCUT2D eigenvalue weighted by Crippen LogP contribution is -2.05. The lowest BCUT2D eigenvalue weighted by molar-refractivity contribution is -0.115. The minimum absolute atomic E-state index is 0.315.